The number of benzene rings is 2. The van der Waals surface area contributed by atoms with E-state index in [0.29, 0.717) is 16.6 Å². The molecule has 2 N–H and O–H groups in total. The predicted molar refractivity (Wildman–Crippen MR) is 83.2 cm³/mol. The van der Waals surface area contributed by atoms with Crippen molar-refractivity contribution in [2.45, 2.75) is 0 Å². The van der Waals surface area contributed by atoms with Crippen molar-refractivity contribution < 1.29 is 9.13 Å². The summed E-state index contributed by atoms with van der Waals surface area (Å²) in [6.07, 6.45) is 0. The van der Waals surface area contributed by atoms with Crippen molar-refractivity contribution in [2.24, 2.45) is 0 Å². The van der Waals surface area contributed by atoms with Crippen LogP contribution < -0.4 is 10.5 Å². The van der Waals surface area contributed by atoms with Gasteiger partial charge in [0, 0.05) is 6.07 Å². The van der Waals surface area contributed by atoms with E-state index >= 15 is 0 Å². The van der Waals surface area contributed by atoms with E-state index < -0.39 is 5.82 Å². The van der Waals surface area contributed by atoms with Gasteiger partial charge in [-0.15, -0.1) is 0 Å². The summed E-state index contributed by atoms with van der Waals surface area (Å²) in [7, 11) is 0. The molecule has 0 spiro atoms. The zero-order valence-corrected chi connectivity index (χ0v) is 13.0. The number of hydrogen-bond donors (Lipinski definition) is 1. The average Bonchev–Trinajstić information content (AvgIpc) is 2.72. The van der Waals surface area contributed by atoms with Crippen LogP contribution in [0, 0.1) is 5.82 Å². The molecule has 2 aromatic carbocycles. The Morgan fingerprint density at radius 2 is 2.05 bits per heavy atom. The molecule has 3 rings (SSSR count). The molecule has 0 amide bonds. The van der Waals surface area contributed by atoms with Gasteiger partial charge in [-0.3, -0.25) is 0 Å². The number of fused-ring (bicyclic) bond motifs is 1. The van der Waals surface area contributed by atoms with Gasteiger partial charge in [-0.2, -0.15) is 0 Å². The lowest BCUT2D eigenvalue weighted by Gasteiger charge is -2.09. The van der Waals surface area contributed by atoms with E-state index in [1.807, 2.05) is 12.1 Å². The Labute approximate surface area is 131 Å². The number of nitrogen functional groups attached to an aromatic ring is 1. The molecule has 0 unspecified atom stereocenters. The maximum absolute atomic E-state index is 13.0. The summed E-state index contributed by atoms with van der Waals surface area (Å²) in [6, 6.07) is 7.60. The number of nitrogens with zero attached hydrogens (tertiary/aromatic N) is 1. The molecule has 0 aliphatic rings. The molecule has 0 fully saturated rings. The van der Waals surface area contributed by atoms with E-state index in [-0.39, 0.29) is 5.02 Å². The average molecular weight is 374 g/mol. The van der Waals surface area contributed by atoms with Crippen LogP contribution in [0.4, 0.5) is 9.52 Å². The van der Waals surface area contributed by atoms with Gasteiger partial charge in [0.25, 0.3) is 0 Å². The first-order valence-electron chi connectivity index (χ1n) is 5.51. The van der Waals surface area contributed by atoms with Gasteiger partial charge in [0.05, 0.1) is 19.7 Å². The van der Waals surface area contributed by atoms with E-state index in [1.165, 1.54) is 29.5 Å². The Hall–Kier alpha value is -1.37. The first-order chi connectivity index (χ1) is 9.52. The van der Waals surface area contributed by atoms with Crippen molar-refractivity contribution in [1.82, 2.24) is 4.98 Å². The Morgan fingerprint density at radius 3 is 2.80 bits per heavy atom. The molecule has 7 heteroatoms. The van der Waals surface area contributed by atoms with Gasteiger partial charge >= 0.3 is 0 Å². The van der Waals surface area contributed by atoms with Crippen LogP contribution in [-0.2, 0) is 0 Å². The number of ether oxygens (including phenoxy) is 1. The number of nitrogens with two attached hydrogens (primary N) is 1. The van der Waals surface area contributed by atoms with Crippen LogP contribution in [0.15, 0.2) is 34.8 Å². The lowest BCUT2D eigenvalue weighted by molar-refractivity contribution is 0.478. The fraction of sp³-hybridized carbons (Fsp3) is 0. The largest absolute Gasteiger partial charge is 0.455 e. The van der Waals surface area contributed by atoms with E-state index in [4.69, 9.17) is 22.1 Å². The minimum Gasteiger partial charge on any atom is -0.455 e. The Bertz CT molecular complexity index is 808. The second kappa shape index (κ2) is 5.20. The van der Waals surface area contributed by atoms with Crippen LogP contribution in [0.25, 0.3) is 10.2 Å². The molecule has 0 aliphatic heterocycles. The van der Waals surface area contributed by atoms with Crippen LogP contribution in [0.3, 0.4) is 0 Å². The van der Waals surface area contributed by atoms with Crippen LogP contribution in [-0.4, -0.2) is 4.98 Å². The molecule has 0 radical (unpaired) electrons. The topological polar surface area (TPSA) is 48.1 Å². The van der Waals surface area contributed by atoms with Crippen LogP contribution in [0.2, 0.25) is 5.02 Å². The highest BCUT2D eigenvalue weighted by Gasteiger charge is 2.11. The highest BCUT2D eigenvalue weighted by Crippen LogP contribution is 2.38. The second-order valence-corrected chi connectivity index (χ2v) is 6.30. The minimum atomic E-state index is -0.410. The first kappa shape index (κ1) is 13.6. The summed E-state index contributed by atoms with van der Waals surface area (Å²) >= 11 is 10.7. The minimum absolute atomic E-state index is 0.209. The number of halogens is 3. The SMILES string of the molecule is Nc1nc2cc(Br)c(Oc3ccc(F)cc3Cl)cc2s1. The third-order valence-electron chi connectivity index (χ3n) is 2.57. The molecule has 0 aliphatic carbocycles. The highest BCUT2D eigenvalue weighted by molar-refractivity contribution is 9.10. The lowest BCUT2D eigenvalue weighted by atomic mass is 10.3. The maximum atomic E-state index is 13.0. The Kier molecular flexibility index (Phi) is 3.54. The first-order valence-corrected chi connectivity index (χ1v) is 7.50. The van der Waals surface area contributed by atoms with Gasteiger partial charge in [0.1, 0.15) is 17.3 Å². The van der Waals surface area contributed by atoms with Crippen LogP contribution in [0.5, 0.6) is 11.5 Å². The third-order valence-corrected chi connectivity index (χ3v) is 4.33. The molecular formula is C13H7BrClFN2OS. The highest BCUT2D eigenvalue weighted by atomic mass is 79.9. The molecular weight excluding hydrogens is 367 g/mol. The molecule has 0 atom stereocenters. The van der Waals surface area contributed by atoms with E-state index in [9.17, 15) is 4.39 Å². The fourth-order valence-corrected chi connectivity index (χ4v) is 3.06. The Balaban J connectivity index is 2.03. The van der Waals surface area contributed by atoms with Crippen molar-refractivity contribution in [2.75, 3.05) is 5.73 Å². The van der Waals surface area contributed by atoms with Gasteiger partial charge in [-0.05, 0) is 40.2 Å². The lowest BCUT2D eigenvalue weighted by Crippen LogP contribution is -1.87. The Morgan fingerprint density at radius 1 is 1.25 bits per heavy atom. The van der Waals surface area contributed by atoms with Crippen molar-refractivity contribution in [3.8, 4) is 11.5 Å². The molecule has 20 heavy (non-hydrogen) atoms. The van der Waals surface area contributed by atoms with Crippen molar-refractivity contribution in [3.63, 3.8) is 0 Å². The summed E-state index contributed by atoms with van der Waals surface area (Å²) < 4.78 is 20.3. The summed E-state index contributed by atoms with van der Waals surface area (Å²) in [6.45, 7) is 0. The molecule has 3 aromatic rings. The van der Waals surface area contributed by atoms with Gasteiger partial charge in [-0.25, -0.2) is 9.37 Å². The smallest absolute Gasteiger partial charge is 0.181 e. The molecule has 3 nitrogen and oxygen atoms in total. The van der Waals surface area contributed by atoms with E-state index in [0.717, 1.165) is 14.7 Å². The quantitative estimate of drug-likeness (QED) is 0.669. The van der Waals surface area contributed by atoms with Crippen molar-refractivity contribution >= 4 is 54.2 Å². The van der Waals surface area contributed by atoms with E-state index in [1.54, 1.807) is 0 Å². The second-order valence-electron chi connectivity index (χ2n) is 3.98. The molecule has 1 aromatic heterocycles. The number of hydrogen-bond acceptors (Lipinski definition) is 4. The van der Waals surface area contributed by atoms with Crippen LogP contribution >= 0.6 is 38.9 Å². The zero-order chi connectivity index (χ0) is 14.3. The normalized spacial score (nSPS) is 10.9. The number of anilines is 1. The van der Waals surface area contributed by atoms with Crippen molar-refractivity contribution in [1.29, 1.82) is 0 Å². The molecule has 102 valence electrons. The maximum Gasteiger partial charge on any atom is 0.181 e. The van der Waals surface area contributed by atoms with Gasteiger partial charge < -0.3 is 10.5 Å². The molecule has 0 saturated heterocycles. The van der Waals surface area contributed by atoms with Gasteiger partial charge in [-0.1, -0.05) is 22.9 Å². The van der Waals surface area contributed by atoms with E-state index in [2.05, 4.69) is 20.9 Å². The summed E-state index contributed by atoms with van der Waals surface area (Å²) in [4.78, 5) is 4.19. The summed E-state index contributed by atoms with van der Waals surface area (Å²) in [5.41, 5.74) is 6.46. The molecule has 0 saturated carbocycles. The fourth-order valence-electron chi connectivity index (χ4n) is 1.70. The molecule has 0 bridgehead atoms. The molecule has 1 heterocycles. The van der Waals surface area contributed by atoms with Gasteiger partial charge in [0.15, 0.2) is 5.13 Å². The van der Waals surface area contributed by atoms with Crippen LogP contribution in [0.1, 0.15) is 0 Å². The third kappa shape index (κ3) is 2.59. The number of rotatable bonds is 2. The monoisotopic (exact) mass is 372 g/mol. The zero-order valence-electron chi connectivity index (χ0n) is 9.86. The number of aromatic nitrogens is 1. The predicted octanol–water partition coefficient (Wildman–Crippen LogP) is 5.23. The number of thiazole rings is 1. The summed E-state index contributed by atoms with van der Waals surface area (Å²) in [5, 5.41) is 0.699. The van der Waals surface area contributed by atoms with Crippen molar-refractivity contribution in [3.05, 3.63) is 45.6 Å². The van der Waals surface area contributed by atoms with Gasteiger partial charge in [0.2, 0.25) is 0 Å². The standard InChI is InChI=1S/C13H7BrClFN2OS/c14-7-4-9-12(20-13(17)18-9)5-11(7)19-10-2-1-6(16)3-8(10)15/h1-5H,(H2,17,18). The summed E-state index contributed by atoms with van der Waals surface area (Å²) in [5.74, 6) is 0.535.